The molecule has 1 aromatic carbocycles. The molecule has 0 amide bonds. The summed E-state index contributed by atoms with van der Waals surface area (Å²) in [5.74, 6) is 1.44. The van der Waals surface area contributed by atoms with Crippen LogP contribution >= 0.6 is 0 Å². The van der Waals surface area contributed by atoms with E-state index in [1.165, 1.54) is 0 Å². The molecule has 1 N–H and O–H groups in total. The van der Waals surface area contributed by atoms with E-state index < -0.39 is 0 Å². The lowest BCUT2D eigenvalue weighted by atomic mass is 10.0. The molecular formula is C16H18N4O2. The molecule has 6 nitrogen and oxygen atoms in total. The summed E-state index contributed by atoms with van der Waals surface area (Å²) >= 11 is 0. The fraction of sp³-hybridized carbons (Fsp3) is 0.312. The Morgan fingerprint density at radius 3 is 2.82 bits per heavy atom. The highest BCUT2D eigenvalue weighted by molar-refractivity contribution is 6.01. The van der Waals surface area contributed by atoms with Gasteiger partial charge in [0, 0.05) is 18.3 Å². The van der Waals surface area contributed by atoms with E-state index >= 15 is 0 Å². The van der Waals surface area contributed by atoms with Crippen LogP contribution in [-0.2, 0) is 4.84 Å². The van der Waals surface area contributed by atoms with Crippen LogP contribution in [0.15, 0.2) is 41.7 Å². The van der Waals surface area contributed by atoms with Gasteiger partial charge in [-0.1, -0.05) is 5.16 Å². The number of aryl methyl sites for hydroxylation is 1. The number of hydrogen-bond donors (Lipinski definition) is 1. The fourth-order valence-corrected chi connectivity index (χ4v) is 2.23. The van der Waals surface area contributed by atoms with Gasteiger partial charge in [-0.2, -0.15) is 0 Å². The van der Waals surface area contributed by atoms with E-state index in [0.29, 0.717) is 12.5 Å². The second kappa shape index (κ2) is 6.43. The number of methoxy groups -OCH3 is 1. The Hall–Kier alpha value is -2.63. The lowest BCUT2D eigenvalue weighted by Crippen LogP contribution is -2.21. The van der Waals surface area contributed by atoms with E-state index in [9.17, 15) is 0 Å². The molecule has 0 fully saturated rings. The topological polar surface area (TPSA) is 68.6 Å². The van der Waals surface area contributed by atoms with Crippen LogP contribution < -0.4 is 10.1 Å². The maximum Gasteiger partial charge on any atom is 0.222 e. The van der Waals surface area contributed by atoms with E-state index in [-0.39, 0.29) is 6.10 Å². The van der Waals surface area contributed by atoms with E-state index in [1.807, 2.05) is 37.3 Å². The molecule has 3 rings (SSSR count). The lowest BCUT2D eigenvalue weighted by molar-refractivity contribution is 0.0948. The first kappa shape index (κ1) is 14.3. The average molecular weight is 298 g/mol. The third-order valence-corrected chi connectivity index (χ3v) is 3.44. The SMILES string of the molecule is COc1ccc(C2=NO[C@@H](CNc3nccc(C)n3)C2)cc1. The van der Waals surface area contributed by atoms with Gasteiger partial charge >= 0.3 is 0 Å². The van der Waals surface area contributed by atoms with Crippen molar-refractivity contribution >= 4 is 11.7 Å². The quantitative estimate of drug-likeness (QED) is 0.918. The smallest absolute Gasteiger partial charge is 0.222 e. The average Bonchev–Trinajstić information content (AvgIpc) is 3.02. The third kappa shape index (κ3) is 3.33. The summed E-state index contributed by atoms with van der Waals surface area (Å²) in [6, 6.07) is 9.68. The Balaban J connectivity index is 1.55. The number of benzene rings is 1. The molecule has 1 aliphatic heterocycles. The monoisotopic (exact) mass is 298 g/mol. The van der Waals surface area contributed by atoms with Crippen molar-refractivity contribution in [2.24, 2.45) is 5.16 Å². The molecule has 22 heavy (non-hydrogen) atoms. The first-order chi connectivity index (χ1) is 10.7. The van der Waals surface area contributed by atoms with Gasteiger partial charge in [-0.15, -0.1) is 0 Å². The molecule has 1 aliphatic rings. The van der Waals surface area contributed by atoms with Crippen molar-refractivity contribution in [3.05, 3.63) is 47.8 Å². The van der Waals surface area contributed by atoms with Crippen molar-refractivity contribution in [3.63, 3.8) is 0 Å². The number of anilines is 1. The molecule has 6 heteroatoms. The summed E-state index contributed by atoms with van der Waals surface area (Å²) in [5.41, 5.74) is 2.93. The van der Waals surface area contributed by atoms with Crippen molar-refractivity contribution in [2.75, 3.05) is 19.0 Å². The van der Waals surface area contributed by atoms with Gasteiger partial charge in [-0.25, -0.2) is 9.97 Å². The normalized spacial score (nSPS) is 16.8. The first-order valence-electron chi connectivity index (χ1n) is 7.15. The Labute approximate surface area is 129 Å². The molecule has 0 bridgehead atoms. The second-order valence-electron chi connectivity index (χ2n) is 5.10. The van der Waals surface area contributed by atoms with E-state index in [4.69, 9.17) is 9.57 Å². The van der Waals surface area contributed by atoms with Crippen LogP contribution in [-0.4, -0.2) is 35.4 Å². The van der Waals surface area contributed by atoms with Crippen LogP contribution in [0.1, 0.15) is 17.7 Å². The molecule has 0 aliphatic carbocycles. The molecule has 1 aromatic heterocycles. The molecule has 1 atom stereocenters. The lowest BCUT2D eigenvalue weighted by Gasteiger charge is -2.09. The molecular weight excluding hydrogens is 280 g/mol. The molecule has 114 valence electrons. The van der Waals surface area contributed by atoms with Crippen molar-refractivity contribution in [1.29, 1.82) is 0 Å². The Morgan fingerprint density at radius 1 is 1.27 bits per heavy atom. The van der Waals surface area contributed by atoms with E-state index in [0.717, 1.165) is 29.1 Å². The maximum atomic E-state index is 5.47. The number of rotatable bonds is 5. The molecule has 0 saturated carbocycles. The Bertz CT molecular complexity index is 670. The van der Waals surface area contributed by atoms with E-state index in [1.54, 1.807) is 13.3 Å². The summed E-state index contributed by atoms with van der Waals surface area (Å²) in [5, 5.41) is 7.34. The molecule has 0 spiro atoms. The number of nitrogens with one attached hydrogen (secondary N) is 1. The molecule has 0 saturated heterocycles. The number of nitrogens with zero attached hydrogens (tertiary/aromatic N) is 3. The standard InChI is InChI=1S/C16H18N4O2/c1-11-7-8-17-16(19-11)18-10-14-9-15(20-22-14)12-3-5-13(21-2)6-4-12/h3-8,14H,9-10H2,1-2H3,(H,17,18,19)/t14-/m1/s1. The summed E-state index contributed by atoms with van der Waals surface area (Å²) < 4.78 is 5.16. The van der Waals surface area contributed by atoms with Crippen molar-refractivity contribution in [3.8, 4) is 5.75 Å². The van der Waals surface area contributed by atoms with Gasteiger partial charge in [0.15, 0.2) is 0 Å². The van der Waals surface area contributed by atoms with Crippen molar-refractivity contribution in [1.82, 2.24) is 9.97 Å². The van der Waals surface area contributed by atoms with Gasteiger partial charge in [0.25, 0.3) is 0 Å². The van der Waals surface area contributed by atoms with Crippen LogP contribution in [0.25, 0.3) is 0 Å². The summed E-state index contributed by atoms with van der Waals surface area (Å²) in [6.45, 7) is 2.55. The van der Waals surface area contributed by atoms with Crippen molar-refractivity contribution < 1.29 is 9.57 Å². The number of hydrogen-bond acceptors (Lipinski definition) is 6. The van der Waals surface area contributed by atoms with Crippen molar-refractivity contribution in [2.45, 2.75) is 19.4 Å². The third-order valence-electron chi connectivity index (χ3n) is 3.44. The van der Waals surface area contributed by atoms with Crippen LogP contribution in [0.4, 0.5) is 5.95 Å². The number of ether oxygens (including phenoxy) is 1. The van der Waals surface area contributed by atoms with Crippen LogP contribution in [0, 0.1) is 6.92 Å². The summed E-state index contributed by atoms with van der Waals surface area (Å²) in [4.78, 5) is 13.9. The van der Waals surface area contributed by atoms with Gasteiger partial charge in [-0.3, -0.25) is 0 Å². The predicted molar refractivity (Wildman–Crippen MR) is 84.3 cm³/mol. The minimum atomic E-state index is -0.0128. The Kier molecular flexibility index (Phi) is 4.18. The van der Waals surface area contributed by atoms with E-state index in [2.05, 4.69) is 20.4 Å². The van der Waals surface area contributed by atoms with Gasteiger partial charge in [0.1, 0.15) is 11.9 Å². The molecule has 2 aromatic rings. The van der Waals surface area contributed by atoms with Gasteiger partial charge in [-0.05, 0) is 42.8 Å². The summed E-state index contributed by atoms with van der Waals surface area (Å²) in [7, 11) is 1.65. The maximum absolute atomic E-state index is 5.47. The zero-order valence-electron chi connectivity index (χ0n) is 12.6. The number of aromatic nitrogens is 2. The largest absolute Gasteiger partial charge is 0.497 e. The van der Waals surface area contributed by atoms with Crippen LogP contribution in [0.3, 0.4) is 0 Å². The molecule has 2 heterocycles. The first-order valence-corrected chi connectivity index (χ1v) is 7.15. The fourth-order valence-electron chi connectivity index (χ4n) is 2.23. The molecule has 0 radical (unpaired) electrons. The minimum Gasteiger partial charge on any atom is -0.497 e. The highest BCUT2D eigenvalue weighted by Crippen LogP contribution is 2.19. The van der Waals surface area contributed by atoms with Gasteiger partial charge in [0.05, 0.1) is 19.4 Å². The van der Waals surface area contributed by atoms with Gasteiger partial charge < -0.3 is 14.9 Å². The van der Waals surface area contributed by atoms with Crippen LogP contribution in [0.2, 0.25) is 0 Å². The highest BCUT2D eigenvalue weighted by atomic mass is 16.6. The number of oxime groups is 1. The second-order valence-corrected chi connectivity index (χ2v) is 5.10. The van der Waals surface area contributed by atoms with Gasteiger partial charge in [0.2, 0.25) is 5.95 Å². The Morgan fingerprint density at radius 2 is 2.09 bits per heavy atom. The minimum absolute atomic E-state index is 0.0128. The zero-order chi connectivity index (χ0) is 15.4. The van der Waals surface area contributed by atoms with Crippen LogP contribution in [0.5, 0.6) is 5.75 Å². The summed E-state index contributed by atoms with van der Waals surface area (Å²) in [6.07, 6.45) is 2.48. The highest BCUT2D eigenvalue weighted by Gasteiger charge is 2.22. The predicted octanol–water partition coefficient (Wildman–Crippen LogP) is 2.40. The zero-order valence-corrected chi connectivity index (χ0v) is 12.6. The molecule has 0 unspecified atom stereocenters.